The first kappa shape index (κ1) is 15.9. The quantitative estimate of drug-likeness (QED) is 0.833. The molecule has 0 atom stereocenters. The van der Waals surface area contributed by atoms with E-state index in [1.807, 2.05) is 13.0 Å². The van der Waals surface area contributed by atoms with Crippen LogP contribution in [-0.4, -0.2) is 15.6 Å². The first-order chi connectivity index (χ1) is 11.0. The van der Waals surface area contributed by atoms with Gasteiger partial charge < -0.3 is 9.67 Å². The highest BCUT2D eigenvalue weighted by Crippen LogP contribution is 2.18. The van der Waals surface area contributed by atoms with Gasteiger partial charge in [-0.05, 0) is 50.3 Å². The molecule has 120 valence electrons. The van der Waals surface area contributed by atoms with E-state index in [1.54, 1.807) is 0 Å². The molecule has 2 heterocycles. The van der Waals surface area contributed by atoms with Crippen molar-refractivity contribution in [1.82, 2.24) is 4.57 Å². The molecule has 3 rings (SSSR count). The number of aliphatic carboxylic acids is 1. The maximum absolute atomic E-state index is 11.6. The molecule has 0 radical (unpaired) electrons. The highest BCUT2D eigenvalue weighted by atomic mass is 32.1. The lowest BCUT2D eigenvalue weighted by Gasteiger charge is -2.07. The first-order valence-corrected chi connectivity index (χ1v) is 8.36. The molecule has 0 amide bonds. The lowest BCUT2D eigenvalue weighted by atomic mass is 10.1. The molecule has 2 aromatic rings. The van der Waals surface area contributed by atoms with Gasteiger partial charge in [0.1, 0.15) is 0 Å². The molecule has 0 aliphatic carbocycles. The normalized spacial score (nSPS) is 15.9. The zero-order valence-corrected chi connectivity index (χ0v) is 14.4. The Hall–Kier alpha value is -1.94. The Balaban J connectivity index is 2.34. The number of hydrogen-bond acceptors (Lipinski definition) is 2. The van der Waals surface area contributed by atoms with Gasteiger partial charge in [-0.25, -0.2) is 4.79 Å². The number of nitrogens with zero attached hydrogens (tertiary/aromatic N) is 1. The van der Waals surface area contributed by atoms with Gasteiger partial charge in [0.2, 0.25) is 0 Å². The van der Waals surface area contributed by atoms with E-state index in [0.29, 0.717) is 12.0 Å². The fourth-order valence-electron chi connectivity index (χ4n) is 3.25. The maximum Gasteiger partial charge on any atom is 0.333 e. The highest BCUT2D eigenvalue weighted by molar-refractivity contribution is 7.90. The van der Waals surface area contributed by atoms with Gasteiger partial charge in [-0.2, -0.15) is 0 Å². The number of thiol groups is 1. The van der Waals surface area contributed by atoms with Gasteiger partial charge in [-0.1, -0.05) is 29.8 Å². The summed E-state index contributed by atoms with van der Waals surface area (Å²) in [6.07, 6.45) is 2.53. The zero-order chi connectivity index (χ0) is 16.6. The summed E-state index contributed by atoms with van der Waals surface area (Å²) in [5, 5.41) is 11.4. The summed E-state index contributed by atoms with van der Waals surface area (Å²) in [7, 11) is 0. The summed E-state index contributed by atoms with van der Waals surface area (Å²) < 4.78 is 2.13. The van der Waals surface area contributed by atoms with Crippen LogP contribution < -0.4 is 10.7 Å². The second-order valence-electron chi connectivity index (χ2n) is 6.17. The van der Waals surface area contributed by atoms with Crippen LogP contribution in [0.25, 0.3) is 10.5 Å². The van der Waals surface area contributed by atoms with Crippen LogP contribution in [0.1, 0.15) is 36.0 Å². The summed E-state index contributed by atoms with van der Waals surface area (Å²) in [6.45, 7) is 4.93. The van der Waals surface area contributed by atoms with Crippen molar-refractivity contribution in [2.24, 2.45) is 0 Å². The van der Waals surface area contributed by atoms with Crippen molar-refractivity contribution in [2.45, 2.75) is 39.7 Å². The molecule has 0 fully saturated rings. The molecule has 0 bridgehead atoms. The van der Waals surface area contributed by atoms with Crippen molar-refractivity contribution in [3.8, 4) is 0 Å². The largest absolute Gasteiger partial charge is 0.478 e. The molecular formula is C19H21NO2S. The third kappa shape index (κ3) is 2.95. The van der Waals surface area contributed by atoms with E-state index >= 15 is 0 Å². The van der Waals surface area contributed by atoms with E-state index in [1.165, 1.54) is 5.56 Å². The third-order valence-electron chi connectivity index (χ3n) is 4.46. The van der Waals surface area contributed by atoms with E-state index in [9.17, 15) is 9.90 Å². The Labute approximate surface area is 141 Å². The van der Waals surface area contributed by atoms with E-state index in [0.717, 1.165) is 46.1 Å². The number of rotatable bonds is 2. The number of aromatic nitrogens is 1. The summed E-state index contributed by atoms with van der Waals surface area (Å²) in [4.78, 5) is 12.5. The van der Waals surface area contributed by atoms with Crippen LogP contribution in [0.3, 0.4) is 0 Å². The number of fused-ring (bicyclic) bond motifs is 1. The van der Waals surface area contributed by atoms with Crippen molar-refractivity contribution in [3.63, 3.8) is 0 Å². The van der Waals surface area contributed by atoms with Crippen LogP contribution in [-0.2, 0) is 11.3 Å². The average Bonchev–Trinajstić information content (AvgIpc) is 2.69. The lowest BCUT2D eigenvalue weighted by Crippen LogP contribution is -2.30. The van der Waals surface area contributed by atoms with Gasteiger partial charge in [-0.15, -0.1) is 12.6 Å². The van der Waals surface area contributed by atoms with Gasteiger partial charge in [0.15, 0.2) is 0 Å². The minimum atomic E-state index is -0.812. The van der Waals surface area contributed by atoms with Gasteiger partial charge >= 0.3 is 5.97 Å². The second kappa shape index (κ2) is 6.28. The number of aryl methyl sites for hydroxylation is 2. The van der Waals surface area contributed by atoms with Crippen LogP contribution in [0, 0.1) is 13.8 Å². The molecule has 0 saturated heterocycles. The SMILES string of the molecule is Cc1ccc(C(S)=c2c(C)cc3n2CCCCC=3C(=O)O)cc1. The van der Waals surface area contributed by atoms with Crippen LogP contribution in [0.15, 0.2) is 30.3 Å². The van der Waals surface area contributed by atoms with Gasteiger partial charge in [-0.3, -0.25) is 0 Å². The molecular weight excluding hydrogens is 306 g/mol. The molecule has 0 saturated carbocycles. The minimum Gasteiger partial charge on any atom is -0.478 e. The number of hydrogen-bond donors (Lipinski definition) is 2. The number of carboxylic acids is 1. The van der Waals surface area contributed by atoms with Gasteiger partial charge in [0, 0.05) is 11.4 Å². The van der Waals surface area contributed by atoms with Crippen LogP contribution in [0.2, 0.25) is 0 Å². The average molecular weight is 327 g/mol. The summed E-state index contributed by atoms with van der Waals surface area (Å²) in [5.41, 5.74) is 3.86. The number of benzene rings is 1. The molecule has 1 aliphatic heterocycles. The Morgan fingerprint density at radius 3 is 2.52 bits per heavy atom. The summed E-state index contributed by atoms with van der Waals surface area (Å²) in [5.74, 6) is -0.812. The molecule has 0 spiro atoms. The minimum absolute atomic E-state index is 0.516. The molecule has 0 unspecified atom stereocenters. The Bertz CT molecular complexity index is 875. The maximum atomic E-state index is 11.6. The van der Waals surface area contributed by atoms with Crippen molar-refractivity contribution in [1.29, 1.82) is 0 Å². The van der Waals surface area contributed by atoms with Crippen molar-refractivity contribution in [2.75, 3.05) is 0 Å². The third-order valence-corrected chi connectivity index (χ3v) is 4.93. The molecule has 1 aliphatic rings. The van der Waals surface area contributed by atoms with E-state index < -0.39 is 5.97 Å². The van der Waals surface area contributed by atoms with Crippen LogP contribution in [0.5, 0.6) is 0 Å². The number of carboxylic acid groups (broad SMARTS) is 1. The predicted octanol–water partition coefficient (Wildman–Crippen LogP) is 2.61. The summed E-state index contributed by atoms with van der Waals surface area (Å²) >= 11 is 4.77. The van der Waals surface area contributed by atoms with Gasteiger partial charge in [0.25, 0.3) is 0 Å². The fraction of sp³-hybridized carbons (Fsp3) is 0.316. The molecule has 1 N–H and O–H groups in total. The number of carbonyl (C=O) groups is 1. The van der Waals surface area contributed by atoms with E-state index in [-0.39, 0.29) is 0 Å². The van der Waals surface area contributed by atoms with Crippen LogP contribution >= 0.6 is 12.6 Å². The predicted molar refractivity (Wildman–Crippen MR) is 96.0 cm³/mol. The monoisotopic (exact) mass is 327 g/mol. The van der Waals surface area contributed by atoms with E-state index in [2.05, 4.69) is 35.8 Å². The van der Waals surface area contributed by atoms with E-state index in [4.69, 9.17) is 12.6 Å². The Morgan fingerprint density at radius 1 is 1.17 bits per heavy atom. The molecule has 1 aromatic carbocycles. The highest BCUT2D eigenvalue weighted by Gasteiger charge is 2.17. The standard InChI is InChI=1S/C19H21NO2S/c1-12-6-8-14(9-7-12)18(23)17-13(2)11-16-15(19(21)22)5-3-4-10-20(16)17/h6-9,11,23H,3-5,10H2,1-2H3,(H,21,22). The topological polar surface area (TPSA) is 42.2 Å². The molecule has 3 nitrogen and oxygen atoms in total. The fourth-order valence-corrected chi connectivity index (χ4v) is 3.69. The van der Waals surface area contributed by atoms with Crippen molar-refractivity contribution >= 4 is 29.1 Å². The summed E-state index contributed by atoms with van der Waals surface area (Å²) in [6, 6.07) is 10.3. The first-order valence-electron chi connectivity index (χ1n) is 7.92. The lowest BCUT2D eigenvalue weighted by molar-refractivity contribution is -0.130. The smallest absolute Gasteiger partial charge is 0.333 e. The Kier molecular flexibility index (Phi) is 4.35. The Morgan fingerprint density at radius 2 is 1.87 bits per heavy atom. The molecule has 23 heavy (non-hydrogen) atoms. The van der Waals surface area contributed by atoms with Crippen molar-refractivity contribution in [3.05, 3.63) is 57.7 Å². The second-order valence-corrected chi connectivity index (χ2v) is 6.62. The van der Waals surface area contributed by atoms with Gasteiger partial charge in [0.05, 0.1) is 16.3 Å². The van der Waals surface area contributed by atoms with Crippen LogP contribution in [0.4, 0.5) is 0 Å². The molecule has 1 aromatic heterocycles. The molecule has 4 heteroatoms. The van der Waals surface area contributed by atoms with Crippen molar-refractivity contribution < 1.29 is 9.90 Å². The zero-order valence-electron chi connectivity index (χ0n) is 13.5.